The summed E-state index contributed by atoms with van der Waals surface area (Å²) in [6.07, 6.45) is 77.4. The van der Waals surface area contributed by atoms with Crippen LogP contribution in [0.15, 0.2) is 146 Å². The number of unbranched alkanes of at least 4 members (excludes halogenated alkanes) is 20. The molecule has 11 heteroatoms. The number of hydrogen-bond acceptors (Lipinski definition) is 10. The molecule has 1 aliphatic heterocycles. The molecule has 0 spiro atoms. The molecule has 1 heterocycles. The second-order valence-electron chi connectivity index (χ2n) is 22.8. The molecule has 0 radical (unpaired) electrons. The van der Waals surface area contributed by atoms with E-state index in [1.54, 1.807) is 6.08 Å². The monoisotopic (exact) mass is 1200 g/mol. The van der Waals surface area contributed by atoms with Crippen molar-refractivity contribution in [3.63, 3.8) is 0 Å². The zero-order valence-corrected chi connectivity index (χ0v) is 54.1. The van der Waals surface area contributed by atoms with Gasteiger partial charge in [-0.15, -0.1) is 0 Å². The van der Waals surface area contributed by atoms with Gasteiger partial charge in [-0.05, 0) is 122 Å². The van der Waals surface area contributed by atoms with Crippen molar-refractivity contribution < 1.29 is 49.3 Å². The van der Waals surface area contributed by atoms with Crippen molar-refractivity contribution >= 4 is 11.9 Å². The SMILES string of the molecule is CC/C=C\C/C=C\C/C=C\C/C=C\C/C=C\C/C=C\CCCC(O)C(=O)NC(COC1OC(CO)C(O)C(O)C1OC(=O)CCCCCCCCCCC/C=C\C/C=C\C/C=C\C/C=C\C/C=C\CC)C(O)/C=C/CCCCCCCCCCCC. The van der Waals surface area contributed by atoms with Crippen LogP contribution >= 0.6 is 0 Å². The number of carbonyl (C=O) groups is 2. The standard InChI is InChI=1S/C75H123NO10/c1-4-7-10-13-16-19-22-25-27-29-31-33-34-35-36-37-39-41-43-45-48-51-54-57-60-63-70(80)86-73-72(82)71(81)69(64-77)85-75(73)84-65-66(67(78)61-58-55-52-49-46-24-21-18-15-12-9-6-3)76-74(83)68(79)62-59-56-53-50-47-44-42-40-38-32-30-28-26-23-20-17-14-11-8-5-2/h7-8,10-11,16-17,19-20,25-28,31-33,35-36,38,42,44,50,53,58,61,66-69,71-73,75,77-79,81-82H,4-6,9,12-15,18,21-24,29-30,34,37,39-41,43,45-49,51-52,54-57,59-60,62-65H2,1-3H3,(H,76,83)/b10-7-,11-8-,19-16-,20-17-,27-25-,28-26-,33-31-,36-35-,38-32-,44-42-,53-50-,61-58+. The summed E-state index contributed by atoms with van der Waals surface area (Å²) in [7, 11) is 0. The minimum absolute atomic E-state index is 0.102. The Bertz CT molecular complexity index is 1960. The van der Waals surface area contributed by atoms with Gasteiger partial charge in [-0.25, -0.2) is 0 Å². The number of hydrogen-bond donors (Lipinski definition) is 6. The van der Waals surface area contributed by atoms with E-state index in [9.17, 15) is 35.1 Å². The minimum atomic E-state index is -1.64. The van der Waals surface area contributed by atoms with E-state index in [0.29, 0.717) is 19.3 Å². The molecule has 0 aromatic carbocycles. The quantitative estimate of drug-likeness (QED) is 0.0195. The maximum Gasteiger partial charge on any atom is 0.306 e. The Kier molecular flexibility index (Phi) is 56.2. The van der Waals surface area contributed by atoms with E-state index in [1.165, 1.54) is 70.6 Å². The first-order chi connectivity index (χ1) is 42.2. The van der Waals surface area contributed by atoms with E-state index in [4.69, 9.17) is 14.2 Å². The average Bonchev–Trinajstić information content (AvgIpc) is 3.30. The maximum atomic E-state index is 13.4. The zero-order chi connectivity index (χ0) is 62.4. The summed E-state index contributed by atoms with van der Waals surface area (Å²) in [5.41, 5.74) is 0. The summed E-state index contributed by atoms with van der Waals surface area (Å²) in [6.45, 7) is 5.53. The first-order valence-electron chi connectivity index (χ1n) is 34.1. The lowest BCUT2D eigenvalue weighted by Gasteiger charge is -2.41. The van der Waals surface area contributed by atoms with Crippen molar-refractivity contribution in [3.05, 3.63) is 146 Å². The molecule has 488 valence electrons. The number of carbonyl (C=O) groups excluding carboxylic acids is 2. The van der Waals surface area contributed by atoms with E-state index in [1.807, 2.05) is 12.2 Å². The minimum Gasteiger partial charge on any atom is -0.454 e. The fraction of sp³-hybridized carbons (Fsp3) is 0.653. The molecule has 8 unspecified atom stereocenters. The van der Waals surface area contributed by atoms with E-state index in [0.717, 1.165) is 128 Å². The van der Waals surface area contributed by atoms with Crippen LogP contribution in [0.3, 0.4) is 0 Å². The number of aliphatic hydroxyl groups is 5. The summed E-state index contributed by atoms with van der Waals surface area (Å²) in [4.78, 5) is 26.6. The third kappa shape index (κ3) is 47.6. The number of rotatable bonds is 56. The van der Waals surface area contributed by atoms with Crippen LogP contribution in [0, 0.1) is 0 Å². The normalized spacial score (nSPS) is 19.3. The predicted molar refractivity (Wildman–Crippen MR) is 360 cm³/mol. The Morgan fingerprint density at radius 1 is 0.465 bits per heavy atom. The van der Waals surface area contributed by atoms with Gasteiger partial charge in [0.05, 0.1) is 25.4 Å². The molecule has 0 aromatic heterocycles. The highest BCUT2D eigenvalue weighted by Crippen LogP contribution is 2.26. The van der Waals surface area contributed by atoms with Gasteiger partial charge in [0, 0.05) is 6.42 Å². The van der Waals surface area contributed by atoms with E-state index in [2.05, 4.69) is 154 Å². The largest absolute Gasteiger partial charge is 0.454 e. The number of amides is 1. The summed E-state index contributed by atoms with van der Waals surface area (Å²) < 4.78 is 17.6. The summed E-state index contributed by atoms with van der Waals surface area (Å²) in [6, 6.07) is -1.06. The summed E-state index contributed by atoms with van der Waals surface area (Å²) in [5, 5.41) is 57.1. The van der Waals surface area contributed by atoms with Crippen molar-refractivity contribution in [2.24, 2.45) is 0 Å². The van der Waals surface area contributed by atoms with Crippen molar-refractivity contribution in [1.82, 2.24) is 5.32 Å². The molecule has 0 saturated carbocycles. The lowest BCUT2D eigenvalue weighted by molar-refractivity contribution is -0.305. The highest BCUT2D eigenvalue weighted by molar-refractivity contribution is 5.80. The topological polar surface area (TPSA) is 175 Å². The molecule has 8 atom stereocenters. The Balaban J connectivity index is 2.64. The fourth-order valence-electron chi connectivity index (χ4n) is 9.69. The van der Waals surface area contributed by atoms with Crippen LogP contribution in [0.25, 0.3) is 0 Å². The Hall–Kier alpha value is -4.46. The number of ether oxygens (including phenoxy) is 3. The number of aliphatic hydroxyl groups excluding tert-OH is 5. The number of esters is 1. The van der Waals surface area contributed by atoms with E-state index >= 15 is 0 Å². The van der Waals surface area contributed by atoms with Crippen LogP contribution in [-0.4, -0.2) is 99.6 Å². The second kappa shape index (κ2) is 60.8. The molecule has 1 rings (SSSR count). The van der Waals surface area contributed by atoms with Gasteiger partial charge in [-0.3, -0.25) is 9.59 Å². The molecule has 0 bridgehead atoms. The summed E-state index contributed by atoms with van der Waals surface area (Å²) in [5.74, 6) is -1.26. The molecule has 1 aliphatic rings. The van der Waals surface area contributed by atoms with Crippen molar-refractivity contribution in [1.29, 1.82) is 0 Å². The van der Waals surface area contributed by atoms with Crippen LogP contribution in [0.4, 0.5) is 0 Å². The zero-order valence-electron chi connectivity index (χ0n) is 54.1. The fourth-order valence-corrected chi connectivity index (χ4v) is 9.69. The van der Waals surface area contributed by atoms with Gasteiger partial charge in [0.15, 0.2) is 12.4 Å². The number of allylic oxidation sites excluding steroid dienone is 23. The van der Waals surface area contributed by atoms with E-state index in [-0.39, 0.29) is 19.4 Å². The van der Waals surface area contributed by atoms with Crippen LogP contribution in [-0.2, 0) is 23.8 Å². The molecule has 86 heavy (non-hydrogen) atoms. The molecule has 1 fully saturated rings. The van der Waals surface area contributed by atoms with Gasteiger partial charge >= 0.3 is 5.97 Å². The van der Waals surface area contributed by atoms with E-state index < -0.39 is 67.4 Å². The van der Waals surface area contributed by atoms with Gasteiger partial charge in [0.2, 0.25) is 5.91 Å². The highest BCUT2D eigenvalue weighted by Gasteiger charge is 2.47. The summed E-state index contributed by atoms with van der Waals surface area (Å²) >= 11 is 0. The van der Waals surface area contributed by atoms with Gasteiger partial charge < -0.3 is 45.1 Å². The van der Waals surface area contributed by atoms with Crippen LogP contribution in [0.5, 0.6) is 0 Å². The van der Waals surface area contributed by atoms with Crippen molar-refractivity contribution in [3.8, 4) is 0 Å². The van der Waals surface area contributed by atoms with Gasteiger partial charge in [0.25, 0.3) is 0 Å². The Morgan fingerprint density at radius 2 is 0.837 bits per heavy atom. The van der Waals surface area contributed by atoms with Crippen molar-refractivity contribution in [2.75, 3.05) is 13.2 Å². The maximum absolute atomic E-state index is 13.4. The highest BCUT2D eigenvalue weighted by atomic mass is 16.7. The van der Waals surface area contributed by atoms with Crippen LogP contribution in [0.1, 0.15) is 252 Å². The van der Waals surface area contributed by atoms with Crippen molar-refractivity contribution in [2.45, 2.75) is 301 Å². The van der Waals surface area contributed by atoms with Crippen LogP contribution < -0.4 is 5.32 Å². The van der Waals surface area contributed by atoms with Crippen LogP contribution in [0.2, 0.25) is 0 Å². The smallest absolute Gasteiger partial charge is 0.306 e. The second-order valence-corrected chi connectivity index (χ2v) is 22.8. The lowest BCUT2D eigenvalue weighted by Crippen LogP contribution is -2.61. The van der Waals surface area contributed by atoms with Gasteiger partial charge in [-0.1, -0.05) is 269 Å². The Morgan fingerprint density at radius 3 is 1.26 bits per heavy atom. The molecular weight excluding hydrogens is 1070 g/mol. The molecule has 11 nitrogen and oxygen atoms in total. The predicted octanol–water partition coefficient (Wildman–Crippen LogP) is 17.3. The average molecular weight is 1200 g/mol. The third-order valence-corrected chi connectivity index (χ3v) is 15.0. The molecular formula is C75H123NO10. The molecule has 0 aliphatic carbocycles. The Labute approximate surface area is 524 Å². The van der Waals surface area contributed by atoms with Gasteiger partial charge in [-0.2, -0.15) is 0 Å². The molecule has 0 aromatic rings. The molecule has 1 saturated heterocycles. The third-order valence-electron chi connectivity index (χ3n) is 15.0. The van der Waals surface area contributed by atoms with Gasteiger partial charge in [0.1, 0.15) is 24.4 Å². The molecule has 1 amide bonds. The number of nitrogens with one attached hydrogen (secondary N) is 1. The lowest BCUT2D eigenvalue weighted by atomic mass is 9.99. The first-order valence-corrected chi connectivity index (χ1v) is 34.1. The first kappa shape index (κ1) is 79.6. The molecule has 6 N–H and O–H groups in total.